The van der Waals surface area contributed by atoms with Gasteiger partial charge in [0.2, 0.25) is 40.8 Å². The molecule has 6 aliphatic heterocycles. The highest BCUT2D eigenvalue weighted by Crippen LogP contribution is 2.54. The summed E-state index contributed by atoms with van der Waals surface area (Å²) in [5, 5.41) is 0. The van der Waals surface area contributed by atoms with E-state index < -0.39 is 24.1 Å². The van der Waals surface area contributed by atoms with Gasteiger partial charge >= 0.3 is 11.9 Å². The number of esters is 2. The number of hydrogen-bond acceptors (Lipinski definition) is 16. The Morgan fingerprint density at radius 1 is 0.311 bits per heavy atom. The van der Waals surface area contributed by atoms with Gasteiger partial charge in [0, 0.05) is 95.2 Å². The molecule has 0 unspecified atom stereocenters. The van der Waals surface area contributed by atoms with Gasteiger partial charge in [0.1, 0.15) is 69.0 Å². The van der Waals surface area contributed by atoms with Gasteiger partial charge in [-0.05, 0) is 122 Å². The topological polar surface area (TPSA) is 163 Å². The molecule has 16 heteroatoms. The maximum atomic E-state index is 13.4. The van der Waals surface area contributed by atoms with E-state index in [-0.39, 0.29) is 40.8 Å². The SMILES string of the molecule is CC(=O)OC1c2cc3c4c(C)c2OCOc2c1cc1c(c2C)OCOc2c(cc5c(c2C)OCOc2c(cc6c(c2C)OCOc2c(cc7c(c2C)OCOc2c(cc(c(c2C)OCO4)C3)C7)C6OC(C)=O)C5)C1. The van der Waals surface area contributed by atoms with Crippen molar-refractivity contribution in [3.8, 4) is 69.0 Å². The summed E-state index contributed by atoms with van der Waals surface area (Å²) in [6.45, 7) is 13.7. The van der Waals surface area contributed by atoms with E-state index in [1.807, 2.05) is 65.8 Å². The third kappa shape index (κ3) is 7.15. The summed E-state index contributed by atoms with van der Waals surface area (Å²) in [7, 11) is 0. The van der Waals surface area contributed by atoms with E-state index in [9.17, 15) is 9.59 Å². The molecule has 0 saturated heterocycles. The zero-order valence-corrected chi connectivity index (χ0v) is 42.2. The molecule has 0 radical (unpaired) electrons. The van der Waals surface area contributed by atoms with Crippen molar-refractivity contribution in [1.82, 2.24) is 0 Å². The van der Waals surface area contributed by atoms with Crippen LogP contribution in [0.15, 0.2) is 36.4 Å². The first-order chi connectivity index (χ1) is 35.8. The Hall–Kier alpha value is -8.14. The van der Waals surface area contributed by atoms with E-state index in [0.717, 1.165) is 55.6 Å². The molecule has 74 heavy (non-hydrogen) atoms. The quantitative estimate of drug-likeness (QED) is 0.150. The summed E-state index contributed by atoms with van der Waals surface area (Å²) in [6.07, 6.45) is -0.480. The van der Waals surface area contributed by atoms with E-state index in [1.54, 1.807) is 0 Å². The van der Waals surface area contributed by atoms with Gasteiger partial charge in [0.15, 0.2) is 12.2 Å². The van der Waals surface area contributed by atoms with Crippen LogP contribution in [-0.4, -0.2) is 52.7 Å². The van der Waals surface area contributed by atoms with Crippen LogP contribution < -0.4 is 56.8 Å². The molecule has 1 aliphatic carbocycles. The van der Waals surface area contributed by atoms with Crippen LogP contribution in [0.3, 0.4) is 0 Å². The fourth-order valence-electron chi connectivity index (χ4n) is 12.2. The summed E-state index contributed by atoms with van der Waals surface area (Å²) < 4.78 is 90.5. The Balaban J connectivity index is 1.10. The van der Waals surface area contributed by atoms with Crippen LogP contribution in [0.25, 0.3) is 0 Å². The zero-order chi connectivity index (χ0) is 50.8. The lowest BCUT2D eigenvalue weighted by molar-refractivity contribution is -0.146. The molecule has 0 saturated carbocycles. The molecule has 0 amide bonds. The highest BCUT2D eigenvalue weighted by Gasteiger charge is 2.38. The van der Waals surface area contributed by atoms with E-state index in [1.165, 1.54) is 13.8 Å². The van der Waals surface area contributed by atoms with Gasteiger partial charge in [-0.1, -0.05) is 0 Å². The number of carbonyl (C=O) groups excluding carboxylic acids is 2. The van der Waals surface area contributed by atoms with Crippen molar-refractivity contribution in [1.29, 1.82) is 0 Å². The van der Waals surface area contributed by atoms with Gasteiger partial charge in [0.05, 0.1) is 0 Å². The molecule has 0 aromatic heterocycles. The van der Waals surface area contributed by atoms with Crippen LogP contribution in [0.2, 0.25) is 0 Å². The molecule has 12 bridgehead atoms. The Morgan fingerprint density at radius 2 is 0.486 bits per heavy atom. The van der Waals surface area contributed by atoms with E-state index >= 15 is 0 Å². The van der Waals surface area contributed by atoms with E-state index in [4.69, 9.17) is 66.3 Å². The van der Waals surface area contributed by atoms with Gasteiger partial charge in [-0.2, -0.15) is 0 Å². The highest BCUT2D eigenvalue weighted by molar-refractivity contribution is 5.72. The highest BCUT2D eigenvalue weighted by atomic mass is 16.7. The summed E-state index contributed by atoms with van der Waals surface area (Å²) in [5.41, 5.74) is 13.7. The molecule has 16 nitrogen and oxygen atoms in total. The third-order valence-electron chi connectivity index (χ3n) is 15.1. The minimum absolute atomic E-state index is 0.112. The molecule has 0 fully saturated rings. The van der Waals surface area contributed by atoms with Crippen molar-refractivity contribution in [2.45, 2.75) is 93.3 Å². The molecule has 6 heterocycles. The number of hydrogen-bond donors (Lipinski definition) is 0. The van der Waals surface area contributed by atoms with Crippen LogP contribution >= 0.6 is 0 Å². The van der Waals surface area contributed by atoms with Gasteiger partial charge < -0.3 is 66.3 Å². The molecular weight excluding hydrogens is 953 g/mol. The first-order valence-corrected chi connectivity index (χ1v) is 24.6. The molecule has 380 valence electrons. The molecule has 0 atom stereocenters. The van der Waals surface area contributed by atoms with Crippen molar-refractivity contribution in [2.75, 3.05) is 40.8 Å². The van der Waals surface area contributed by atoms with Crippen LogP contribution in [0.1, 0.15) is 126 Å². The molecule has 13 rings (SSSR count). The molecule has 0 N–H and O–H groups in total. The minimum Gasteiger partial charge on any atom is -0.457 e. The van der Waals surface area contributed by atoms with Gasteiger partial charge in [-0.3, -0.25) is 9.59 Å². The molecular formula is C58H52O16. The second-order valence-electron chi connectivity index (χ2n) is 19.7. The molecule has 0 spiro atoms. The fourth-order valence-corrected chi connectivity index (χ4v) is 12.2. The van der Waals surface area contributed by atoms with Crippen molar-refractivity contribution < 1.29 is 75.9 Å². The van der Waals surface area contributed by atoms with Gasteiger partial charge in [-0.25, -0.2) is 0 Å². The molecule has 7 aliphatic rings. The minimum atomic E-state index is -0.969. The lowest BCUT2D eigenvalue weighted by Crippen LogP contribution is -2.23. The third-order valence-corrected chi connectivity index (χ3v) is 15.1. The zero-order valence-electron chi connectivity index (χ0n) is 42.2. The second kappa shape index (κ2) is 17.2. The predicted molar refractivity (Wildman–Crippen MR) is 262 cm³/mol. The van der Waals surface area contributed by atoms with Gasteiger partial charge in [-0.15, -0.1) is 0 Å². The van der Waals surface area contributed by atoms with Crippen LogP contribution in [0.5, 0.6) is 69.0 Å². The Morgan fingerprint density at radius 3 is 0.689 bits per heavy atom. The van der Waals surface area contributed by atoms with Crippen molar-refractivity contribution in [3.63, 3.8) is 0 Å². The number of carbonyl (C=O) groups is 2. The lowest BCUT2D eigenvalue weighted by atomic mass is 9.86. The summed E-state index contributed by atoms with van der Waals surface area (Å²) in [5.74, 6) is 5.70. The normalized spacial score (nSPS) is 17.8. The summed E-state index contributed by atoms with van der Waals surface area (Å²) in [6, 6.07) is 12.3. The predicted octanol–water partition coefficient (Wildman–Crippen LogP) is 9.89. The first-order valence-electron chi connectivity index (χ1n) is 24.6. The van der Waals surface area contributed by atoms with Crippen molar-refractivity contribution in [2.24, 2.45) is 0 Å². The lowest BCUT2D eigenvalue weighted by Gasteiger charge is -2.33. The molecule has 6 aromatic carbocycles. The smallest absolute Gasteiger partial charge is 0.303 e. The summed E-state index contributed by atoms with van der Waals surface area (Å²) in [4.78, 5) is 26.7. The number of benzene rings is 6. The first kappa shape index (κ1) is 45.7. The molecule has 6 aromatic rings. The van der Waals surface area contributed by atoms with Crippen LogP contribution in [0.4, 0.5) is 0 Å². The maximum Gasteiger partial charge on any atom is 0.303 e. The number of rotatable bonds is 2. The average molecular weight is 1010 g/mol. The van der Waals surface area contributed by atoms with Crippen LogP contribution in [0, 0.1) is 41.5 Å². The summed E-state index contributed by atoms with van der Waals surface area (Å²) >= 11 is 0. The standard InChI is InChI=1S/C58H52O16/c1-25-45-33-9-34-12-38-16-42-54(28(4)50(38)66-20-62-46(25)34)70-24-72-56-30(6)52-40(18-44(56)58(42)74-32(8)60)14-36-10-35-13-39-17-43-55(29(5)51(39)67-21-63-47(35)26(2)48(36)64-22-68-52)71-23-69-53-27(3)49(65-19-61-45)37(11-33)15-41(53)57(43)73-31(7)59/h9-10,15-18,57-58H,11-14,19-24H2,1-8H3. The largest absolute Gasteiger partial charge is 0.457 e. The Labute approximate surface area is 426 Å². The van der Waals surface area contributed by atoms with E-state index in [0.29, 0.717) is 139 Å². The Bertz CT molecular complexity index is 3040. The Kier molecular flexibility index (Phi) is 10.6. The maximum absolute atomic E-state index is 13.4. The van der Waals surface area contributed by atoms with Crippen LogP contribution in [-0.2, 0) is 44.7 Å². The average Bonchev–Trinajstić information content (AvgIpc) is 3.32. The monoisotopic (exact) mass is 1000 g/mol. The second-order valence-corrected chi connectivity index (χ2v) is 19.7. The van der Waals surface area contributed by atoms with Gasteiger partial charge in [0.25, 0.3) is 0 Å². The van der Waals surface area contributed by atoms with E-state index in [2.05, 4.69) is 12.1 Å². The number of ether oxygens (including phenoxy) is 14. The van der Waals surface area contributed by atoms with Crippen molar-refractivity contribution >= 4 is 11.9 Å². The van der Waals surface area contributed by atoms with Crippen molar-refractivity contribution in [3.05, 3.63) is 137 Å². The fraction of sp³-hybridized carbons (Fsp3) is 0.345.